The van der Waals surface area contributed by atoms with Crippen molar-refractivity contribution in [2.75, 3.05) is 0 Å². The molecule has 0 unspecified atom stereocenters. The summed E-state index contributed by atoms with van der Waals surface area (Å²) in [6, 6.07) is 3.86. The first kappa shape index (κ1) is 9.88. The molecule has 0 aliphatic heterocycles. The van der Waals surface area contributed by atoms with Crippen molar-refractivity contribution < 1.29 is 0 Å². The van der Waals surface area contributed by atoms with Gasteiger partial charge in [-0.2, -0.15) is 5.26 Å². The number of aromatic nitrogens is 2. The predicted molar refractivity (Wildman–Crippen MR) is 58.7 cm³/mol. The summed E-state index contributed by atoms with van der Waals surface area (Å²) in [5.41, 5.74) is 2.86. The largest absolute Gasteiger partial charge is 0.256 e. The van der Waals surface area contributed by atoms with Gasteiger partial charge in [0.25, 0.3) is 0 Å². The van der Waals surface area contributed by atoms with Crippen molar-refractivity contribution in [3.05, 3.63) is 34.2 Å². The third kappa shape index (κ3) is 1.53. The number of hydrogen-bond acceptors (Lipinski definition) is 3. The topological polar surface area (TPSA) is 49.6 Å². The average molecular weight is 218 g/mol. The van der Waals surface area contributed by atoms with Gasteiger partial charge < -0.3 is 0 Å². The summed E-state index contributed by atoms with van der Waals surface area (Å²) in [5.74, 6) is 0. The van der Waals surface area contributed by atoms with Crippen molar-refractivity contribution in [3.63, 3.8) is 0 Å². The minimum Gasteiger partial charge on any atom is -0.256 e. The first-order chi connectivity index (χ1) is 7.13. The van der Waals surface area contributed by atoms with Gasteiger partial charge in [-0.25, -0.2) is 0 Å². The summed E-state index contributed by atoms with van der Waals surface area (Å²) in [4.78, 5) is 8.48. The van der Waals surface area contributed by atoms with Crippen LogP contribution >= 0.6 is 11.6 Å². The lowest BCUT2D eigenvalue weighted by Crippen LogP contribution is -1.93. The van der Waals surface area contributed by atoms with Crippen LogP contribution in [0.15, 0.2) is 12.3 Å². The Morgan fingerprint density at radius 3 is 2.80 bits per heavy atom. The average Bonchev–Trinajstić information content (AvgIpc) is 2.19. The lowest BCUT2D eigenvalue weighted by Gasteiger charge is -2.05. The van der Waals surface area contributed by atoms with E-state index in [0.29, 0.717) is 10.6 Å². The second kappa shape index (κ2) is 3.48. The molecule has 0 saturated carbocycles. The fourth-order valence-electron chi connectivity index (χ4n) is 1.56. The molecule has 0 N–H and O–H groups in total. The highest BCUT2D eigenvalue weighted by Crippen LogP contribution is 2.26. The molecule has 0 aliphatic carbocycles. The van der Waals surface area contributed by atoms with Crippen LogP contribution in [-0.2, 0) is 0 Å². The number of aryl methyl sites for hydroxylation is 2. The van der Waals surface area contributed by atoms with Gasteiger partial charge in [0, 0.05) is 17.3 Å². The SMILES string of the molecule is Cc1cc2c(Cl)c(C#N)cnc2c(C)n1. The van der Waals surface area contributed by atoms with Crippen LogP contribution in [0.3, 0.4) is 0 Å². The van der Waals surface area contributed by atoms with Crippen LogP contribution in [0.1, 0.15) is 17.0 Å². The summed E-state index contributed by atoms with van der Waals surface area (Å²) < 4.78 is 0. The molecule has 0 radical (unpaired) electrons. The Kier molecular flexibility index (Phi) is 2.29. The second-order valence-corrected chi connectivity index (χ2v) is 3.72. The number of nitriles is 1. The molecule has 2 aromatic heterocycles. The maximum atomic E-state index is 8.83. The Labute approximate surface area is 92.3 Å². The Balaban J connectivity index is 2.94. The van der Waals surface area contributed by atoms with Crippen LogP contribution in [0, 0.1) is 25.2 Å². The van der Waals surface area contributed by atoms with Crippen LogP contribution in [0.2, 0.25) is 5.02 Å². The summed E-state index contributed by atoms with van der Waals surface area (Å²) in [6.45, 7) is 3.77. The lowest BCUT2D eigenvalue weighted by atomic mass is 10.1. The van der Waals surface area contributed by atoms with Gasteiger partial charge in [0.1, 0.15) is 6.07 Å². The highest BCUT2D eigenvalue weighted by atomic mass is 35.5. The molecule has 2 rings (SSSR count). The zero-order chi connectivity index (χ0) is 11.0. The van der Waals surface area contributed by atoms with E-state index in [1.54, 1.807) is 0 Å². The molecule has 2 aromatic rings. The molecule has 0 aliphatic rings. The predicted octanol–water partition coefficient (Wildman–Crippen LogP) is 2.77. The van der Waals surface area contributed by atoms with Crippen molar-refractivity contribution in [1.82, 2.24) is 9.97 Å². The number of fused-ring (bicyclic) bond motifs is 1. The summed E-state index contributed by atoms with van der Waals surface area (Å²) >= 11 is 6.10. The third-order valence-electron chi connectivity index (χ3n) is 2.21. The highest BCUT2D eigenvalue weighted by molar-refractivity contribution is 6.36. The molecule has 0 atom stereocenters. The fraction of sp³-hybridized carbons (Fsp3) is 0.182. The normalized spacial score (nSPS) is 10.3. The van der Waals surface area contributed by atoms with Crippen molar-refractivity contribution in [1.29, 1.82) is 5.26 Å². The van der Waals surface area contributed by atoms with Gasteiger partial charge in [-0.15, -0.1) is 0 Å². The first-order valence-corrected chi connectivity index (χ1v) is 4.84. The van der Waals surface area contributed by atoms with Crippen molar-refractivity contribution in [2.45, 2.75) is 13.8 Å². The molecule has 4 heteroatoms. The standard InChI is InChI=1S/C11H8ClN3/c1-6-3-9-10(12)8(4-13)5-14-11(9)7(2)15-6/h3,5H,1-2H3. The summed E-state index contributed by atoms with van der Waals surface area (Å²) in [6.07, 6.45) is 1.48. The Morgan fingerprint density at radius 1 is 1.40 bits per heavy atom. The quantitative estimate of drug-likeness (QED) is 0.682. The van der Waals surface area contributed by atoms with Gasteiger partial charge in [-0.05, 0) is 19.9 Å². The number of rotatable bonds is 0. The van der Waals surface area contributed by atoms with Crippen molar-refractivity contribution in [2.24, 2.45) is 0 Å². The maximum Gasteiger partial charge on any atom is 0.102 e. The van der Waals surface area contributed by atoms with E-state index in [0.717, 1.165) is 22.3 Å². The number of pyridine rings is 2. The van der Waals surface area contributed by atoms with E-state index in [9.17, 15) is 0 Å². The van der Waals surface area contributed by atoms with E-state index in [-0.39, 0.29) is 0 Å². The monoisotopic (exact) mass is 217 g/mol. The van der Waals surface area contributed by atoms with Crippen LogP contribution < -0.4 is 0 Å². The Hall–Kier alpha value is -1.66. The number of nitrogens with zero attached hydrogens (tertiary/aromatic N) is 3. The molecule has 3 nitrogen and oxygen atoms in total. The van der Waals surface area contributed by atoms with E-state index in [4.69, 9.17) is 16.9 Å². The lowest BCUT2D eigenvalue weighted by molar-refractivity contribution is 1.13. The van der Waals surface area contributed by atoms with E-state index in [1.165, 1.54) is 6.20 Å². The van der Waals surface area contributed by atoms with Gasteiger partial charge in [0.2, 0.25) is 0 Å². The Morgan fingerprint density at radius 2 is 2.13 bits per heavy atom. The maximum absolute atomic E-state index is 8.83. The number of hydrogen-bond donors (Lipinski definition) is 0. The van der Waals surface area contributed by atoms with Crippen LogP contribution in [0.4, 0.5) is 0 Å². The minimum absolute atomic E-state index is 0.397. The molecule has 0 spiro atoms. The Bertz CT molecular complexity index is 584. The molecule has 0 fully saturated rings. The fourth-order valence-corrected chi connectivity index (χ4v) is 1.80. The van der Waals surface area contributed by atoms with Crippen LogP contribution in [0.5, 0.6) is 0 Å². The molecule has 2 heterocycles. The van der Waals surface area contributed by atoms with Gasteiger partial charge in [0.05, 0.1) is 21.8 Å². The molecular formula is C11H8ClN3. The molecule has 0 amide bonds. The van der Waals surface area contributed by atoms with Crippen molar-refractivity contribution in [3.8, 4) is 6.07 Å². The molecule has 0 bridgehead atoms. The molecular weight excluding hydrogens is 210 g/mol. The van der Waals surface area contributed by atoms with Crippen LogP contribution in [0.25, 0.3) is 10.9 Å². The second-order valence-electron chi connectivity index (χ2n) is 3.34. The minimum atomic E-state index is 0.397. The van der Waals surface area contributed by atoms with Gasteiger partial charge in [-0.1, -0.05) is 11.6 Å². The summed E-state index contributed by atoms with van der Waals surface area (Å²) in [7, 11) is 0. The third-order valence-corrected chi connectivity index (χ3v) is 2.62. The first-order valence-electron chi connectivity index (χ1n) is 4.46. The summed E-state index contributed by atoms with van der Waals surface area (Å²) in [5, 5.41) is 10.1. The zero-order valence-corrected chi connectivity index (χ0v) is 9.13. The zero-order valence-electron chi connectivity index (χ0n) is 8.37. The number of halogens is 1. The van der Waals surface area contributed by atoms with Crippen molar-refractivity contribution >= 4 is 22.5 Å². The van der Waals surface area contributed by atoms with E-state index in [2.05, 4.69) is 9.97 Å². The molecule has 0 aromatic carbocycles. The smallest absolute Gasteiger partial charge is 0.102 e. The molecule has 15 heavy (non-hydrogen) atoms. The highest BCUT2D eigenvalue weighted by Gasteiger charge is 2.09. The van der Waals surface area contributed by atoms with Crippen LogP contribution in [-0.4, -0.2) is 9.97 Å². The van der Waals surface area contributed by atoms with Gasteiger partial charge in [0.15, 0.2) is 0 Å². The van der Waals surface area contributed by atoms with Gasteiger partial charge >= 0.3 is 0 Å². The molecule has 0 saturated heterocycles. The molecule has 74 valence electrons. The van der Waals surface area contributed by atoms with E-state index >= 15 is 0 Å². The van der Waals surface area contributed by atoms with Gasteiger partial charge in [-0.3, -0.25) is 9.97 Å². The van der Waals surface area contributed by atoms with E-state index < -0.39 is 0 Å². The van der Waals surface area contributed by atoms with E-state index in [1.807, 2.05) is 26.0 Å².